The molecular weight excluding hydrogens is 328 g/mol. The van der Waals surface area contributed by atoms with Gasteiger partial charge in [-0.2, -0.15) is 0 Å². The maximum atomic E-state index is 12.6. The molecule has 0 aromatic heterocycles. The molecule has 0 aliphatic carbocycles. The highest BCUT2D eigenvalue weighted by molar-refractivity contribution is 6.14. The maximum Gasteiger partial charge on any atom is 0.255 e. The fraction of sp³-hybridized carbons (Fsp3) is 0. The number of carbonyl (C=O) groups is 1. The van der Waals surface area contributed by atoms with Crippen molar-refractivity contribution < 1.29 is 4.79 Å². The number of carbonyl (C=O) groups excluding carboxylic acids is 1. The number of amides is 1. The summed E-state index contributed by atoms with van der Waals surface area (Å²) < 4.78 is 0. The smallest absolute Gasteiger partial charge is 0.255 e. The molecule has 130 valence electrons. The van der Waals surface area contributed by atoms with Gasteiger partial charge in [-0.05, 0) is 35.7 Å². The molecule has 3 aromatic carbocycles. The maximum absolute atomic E-state index is 12.6. The topological polar surface area (TPSA) is 141 Å². The van der Waals surface area contributed by atoms with Crippen LogP contribution < -0.4 is 22.1 Å². The minimum Gasteiger partial charge on any atom is -0.384 e. The molecule has 8 N–H and O–H groups in total. The molecule has 0 aliphatic rings. The molecule has 26 heavy (non-hydrogen) atoms. The Hall–Kier alpha value is -3.87. The van der Waals surface area contributed by atoms with Gasteiger partial charge in [-0.25, -0.2) is 0 Å². The number of hydrogen-bond donors (Lipinski definition) is 6. The van der Waals surface area contributed by atoms with Gasteiger partial charge >= 0.3 is 0 Å². The van der Waals surface area contributed by atoms with Gasteiger partial charge in [0.25, 0.3) is 5.91 Å². The van der Waals surface area contributed by atoms with Crippen LogP contribution in [0.1, 0.15) is 15.9 Å². The number of benzene rings is 3. The Balaban J connectivity index is 1.94. The zero-order valence-corrected chi connectivity index (χ0v) is 13.8. The van der Waals surface area contributed by atoms with Crippen LogP contribution in [0.25, 0.3) is 10.8 Å². The molecule has 0 spiro atoms. The van der Waals surface area contributed by atoms with E-state index in [9.17, 15) is 4.79 Å². The standard InChI is InChI=1S/C19H18N6O/c20-17(21)15-8-9-16(14-7-2-1-6-13(14)15)25-18(26)11-4-3-5-12(10-11)24-19(22)23/h1-10H,(H3,20,21)(H,25,26)(H4,22,23,24). The average Bonchev–Trinajstić information content (AvgIpc) is 2.61. The van der Waals surface area contributed by atoms with Crippen LogP contribution in [-0.2, 0) is 0 Å². The van der Waals surface area contributed by atoms with E-state index in [-0.39, 0.29) is 17.7 Å². The quantitative estimate of drug-likeness (QED) is 0.319. The lowest BCUT2D eigenvalue weighted by molar-refractivity contribution is 0.102. The fourth-order valence-corrected chi connectivity index (χ4v) is 2.73. The second-order valence-corrected chi connectivity index (χ2v) is 5.69. The zero-order chi connectivity index (χ0) is 18.7. The molecule has 0 saturated heterocycles. The van der Waals surface area contributed by atoms with Crippen LogP contribution in [0, 0.1) is 10.8 Å². The van der Waals surface area contributed by atoms with Crippen LogP contribution in [0.2, 0.25) is 0 Å². The minimum atomic E-state index is -0.294. The third-order valence-corrected chi connectivity index (χ3v) is 3.87. The van der Waals surface area contributed by atoms with Crippen molar-refractivity contribution >= 4 is 39.8 Å². The van der Waals surface area contributed by atoms with Crippen LogP contribution in [-0.4, -0.2) is 17.7 Å². The normalized spacial score (nSPS) is 10.3. The van der Waals surface area contributed by atoms with Gasteiger partial charge in [-0.3, -0.25) is 15.6 Å². The van der Waals surface area contributed by atoms with E-state index >= 15 is 0 Å². The highest BCUT2D eigenvalue weighted by atomic mass is 16.1. The molecule has 0 radical (unpaired) electrons. The molecule has 1 amide bonds. The average molecular weight is 346 g/mol. The van der Waals surface area contributed by atoms with Crippen LogP contribution in [0.4, 0.5) is 11.4 Å². The van der Waals surface area contributed by atoms with Gasteiger partial charge < -0.3 is 22.1 Å². The van der Waals surface area contributed by atoms with Gasteiger partial charge in [-0.1, -0.05) is 30.3 Å². The van der Waals surface area contributed by atoms with Gasteiger partial charge in [0.15, 0.2) is 5.96 Å². The second kappa shape index (κ2) is 6.94. The first-order valence-corrected chi connectivity index (χ1v) is 7.84. The molecule has 3 aromatic rings. The summed E-state index contributed by atoms with van der Waals surface area (Å²) in [7, 11) is 0. The van der Waals surface area contributed by atoms with Crippen LogP contribution in [0.15, 0.2) is 60.7 Å². The molecular formula is C19H18N6O. The molecule has 0 heterocycles. The number of fused-ring (bicyclic) bond motifs is 1. The molecule has 0 fully saturated rings. The van der Waals surface area contributed by atoms with Crippen molar-refractivity contribution in [1.82, 2.24) is 0 Å². The number of nitrogens with two attached hydrogens (primary N) is 2. The van der Waals surface area contributed by atoms with Gasteiger partial charge in [0, 0.05) is 27.9 Å². The van der Waals surface area contributed by atoms with Crippen molar-refractivity contribution in [3.8, 4) is 0 Å². The van der Waals surface area contributed by atoms with E-state index in [1.165, 1.54) is 0 Å². The Kier molecular flexibility index (Phi) is 4.53. The summed E-state index contributed by atoms with van der Waals surface area (Å²) in [5.41, 5.74) is 13.2. The highest BCUT2D eigenvalue weighted by Crippen LogP contribution is 2.27. The summed E-state index contributed by atoms with van der Waals surface area (Å²) in [6.07, 6.45) is 0. The van der Waals surface area contributed by atoms with Gasteiger partial charge in [0.1, 0.15) is 5.84 Å². The number of hydrogen-bond acceptors (Lipinski definition) is 3. The van der Waals surface area contributed by atoms with Crippen molar-refractivity contribution in [2.75, 3.05) is 10.6 Å². The first kappa shape index (κ1) is 17.0. The molecule has 0 aliphatic heterocycles. The zero-order valence-electron chi connectivity index (χ0n) is 13.8. The number of nitrogen functional groups attached to an aromatic ring is 1. The van der Waals surface area contributed by atoms with E-state index < -0.39 is 0 Å². The van der Waals surface area contributed by atoms with E-state index in [1.54, 1.807) is 36.4 Å². The first-order chi connectivity index (χ1) is 12.5. The van der Waals surface area contributed by atoms with E-state index in [1.807, 2.05) is 24.3 Å². The largest absolute Gasteiger partial charge is 0.384 e. The van der Waals surface area contributed by atoms with E-state index in [0.717, 1.165) is 10.8 Å². The molecule has 0 unspecified atom stereocenters. The van der Waals surface area contributed by atoms with Crippen molar-refractivity contribution in [3.05, 3.63) is 71.8 Å². The number of rotatable bonds is 4. The summed E-state index contributed by atoms with van der Waals surface area (Å²) >= 11 is 0. The SMILES string of the molecule is N=C(N)Nc1cccc(C(=O)Nc2ccc(C(=N)N)c3ccccc23)c1. The van der Waals surface area contributed by atoms with Gasteiger partial charge in [-0.15, -0.1) is 0 Å². The Bertz CT molecular complexity index is 1030. The Labute approximate surface area is 150 Å². The minimum absolute atomic E-state index is 0.0258. The van der Waals surface area contributed by atoms with Gasteiger partial charge in [0.05, 0.1) is 0 Å². The molecule has 0 saturated carbocycles. The van der Waals surface area contributed by atoms with E-state index in [2.05, 4.69) is 10.6 Å². The first-order valence-electron chi connectivity index (χ1n) is 7.84. The summed E-state index contributed by atoms with van der Waals surface area (Å²) in [5.74, 6) is -0.520. The van der Waals surface area contributed by atoms with E-state index in [4.69, 9.17) is 22.3 Å². The third kappa shape index (κ3) is 3.46. The molecule has 3 rings (SSSR count). The third-order valence-electron chi connectivity index (χ3n) is 3.87. The Morgan fingerprint density at radius 2 is 1.58 bits per heavy atom. The second-order valence-electron chi connectivity index (χ2n) is 5.69. The van der Waals surface area contributed by atoms with Gasteiger partial charge in [0.2, 0.25) is 0 Å². The van der Waals surface area contributed by atoms with E-state index in [0.29, 0.717) is 22.5 Å². The number of guanidine groups is 1. The Morgan fingerprint density at radius 1 is 0.846 bits per heavy atom. The summed E-state index contributed by atoms with van der Waals surface area (Å²) in [4.78, 5) is 12.6. The fourth-order valence-electron chi connectivity index (χ4n) is 2.73. The van der Waals surface area contributed by atoms with Crippen molar-refractivity contribution in [3.63, 3.8) is 0 Å². The predicted octanol–water partition coefficient (Wildman–Crippen LogP) is 2.68. The molecule has 0 atom stereocenters. The van der Waals surface area contributed by atoms with Crippen molar-refractivity contribution in [1.29, 1.82) is 10.8 Å². The summed E-state index contributed by atoms with van der Waals surface area (Å²) in [6, 6.07) is 17.6. The lowest BCUT2D eigenvalue weighted by Gasteiger charge is -2.12. The van der Waals surface area contributed by atoms with Crippen LogP contribution >= 0.6 is 0 Å². The lowest BCUT2D eigenvalue weighted by atomic mass is 10.0. The monoisotopic (exact) mass is 346 g/mol. The van der Waals surface area contributed by atoms with Crippen molar-refractivity contribution in [2.45, 2.75) is 0 Å². The summed E-state index contributed by atoms with van der Waals surface area (Å²) in [6.45, 7) is 0. The molecule has 7 heteroatoms. The predicted molar refractivity (Wildman–Crippen MR) is 105 cm³/mol. The molecule has 7 nitrogen and oxygen atoms in total. The Morgan fingerprint density at radius 3 is 2.27 bits per heavy atom. The molecule has 0 bridgehead atoms. The number of anilines is 2. The van der Waals surface area contributed by atoms with Crippen LogP contribution in [0.3, 0.4) is 0 Å². The lowest BCUT2D eigenvalue weighted by Crippen LogP contribution is -2.21. The number of nitrogens with one attached hydrogen (secondary N) is 4. The highest BCUT2D eigenvalue weighted by Gasteiger charge is 2.12. The van der Waals surface area contributed by atoms with Crippen molar-refractivity contribution in [2.24, 2.45) is 11.5 Å². The summed E-state index contributed by atoms with van der Waals surface area (Å²) in [5, 5.41) is 22.1. The van der Waals surface area contributed by atoms with Crippen LogP contribution in [0.5, 0.6) is 0 Å². The number of amidine groups is 1.